The highest BCUT2D eigenvalue weighted by Gasteiger charge is 2.40. The summed E-state index contributed by atoms with van der Waals surface area (Å²) in [6, 6.07) is 12.1. The number of aliphatic hydroxyl groups is 2. The molecule has 2 aromatic rings. The lowest BCUT2D eigenvalue weighted by molar-refractivity contribution is -0.139. The molecule has 3 N–H and O–H groups in total. The fourth-order valence-corrected chi connectivity index (χ4v) is 4.98. The summed E-state index contributed by atoms with van der Waals surface area (Å²) in [5.41, 5.74) is 1.17. The lowest BCUT2D eigenvalue weighted by atomic mass is 9.87. The number of para-hydroxylation sites is 1. The first kappa shape index (κ1) is 27.9. The van der Waals surface area contributed by atoms with E-state index < -0.39 is 18.2 Å². The molecule has 0 aromatic heterocycles. The maximum absolute atomic E-state index is 13.5. The lowest BCUT2D eigenvalue weighted by Gasteiger charge is -2.40. The maximum atomic E-state index is 13.5. The van der Waals surface area contributed by atoms with Crippen molar-refractivity contribution in [3.05, 3.63) is 75.9 Å². The van der Waals surface area contributed by atoms with Gasteiger partial charge in [-0.15, -0.1) is 6.58 Å². The van der Waals surface area contributed by atoms with Gasteiger partial charge in [0.1, 0.15) is 18.0 Å². The van der Waals surface area contributed by atoms with Gasteiger partial charge in [0, 0.05) is 31.5 Å². The van der Waals surface area contributed by atoms with Gasteiger partial charge in [0.05, 0.1) is 16.2 Å². The molecule has 3 atom stereocenters. The summed E-state index contributed by atoms with van der Waals surface area (Å²) in [5, 5.41) is 23.4. The summed E-state index contributed by atoms with van der Waals surface area (Å²) in [6.07, 6.45) is 2.08. The third-order valence-corrected chi connectivity index (χ3v) is 7.28. The van der Waals surface area contributed by atoms with Gasteiger partial charge < -0.3 is 34.6 Å². The van der Waals surface area contributed by atoms with Crippen LogP contribution in [0.2, 0.25) is 0 Å². The topological polar surface area (TPSA) is 118 Å². The first-order valence-electron chi connectivity index (χ1n) is 12.4. The van der Waals surface area contributed by atoms with Crippen molar-refractivity contribution in [1.82, 2.24) is 10.2 Å². The van der Waals surface area contributed by atoms with Crippen LogP contribution in [0.1, 0.15) is 24.8 Å². The Balaban J connectivity index is 1.67. The molecule has 0 saturated carbocycles. The average Bonchev–Trinajstić information content (AvgIpc) is 3.39. The highest BCUT2D eigenvalue weighted by atomic mass is 127. The van der Waals surface area contributed by atoms with Crippen molar-refractivity contribution in [2.75, 3.05) is 19.9 Å². The van der Waals surface area contributed by atoms with Gasteiger partial charge in [0.2, 0.25) is 18.6 Å². The first-order valence-corrected chi connectivity index (χ1v) is 13.5. The number of carbonyl (C=O) groups excluding carboxylic acids is 2. The Morgan fingerprint density at radius 1 is 1.21 bits per heavy atom. The van der Waals surface area contributed by atoms with Gasteiger partial charge in [0.15, 0.2) is 11.5 Å². The van der Waals surface area contributed by atoms with Crippen LogP contribution >= 0.6 is 22.6 Å². The number of hydrogen-bond acceptors (Lipinski definition) is 7. The van der Waals surface area contributed by atoms with Crippen molar-refractivity contribution in [3.63, 3.8) is 0 Å². The Kier molecular flexibility index (Phi) is 9.64. The Morgan fingerprint density at radius 3 is 2.76 bits per heavy atom. The largest absolute Gasteiger partial charge is 0.482 e. The number of hydrogen-bond donors (Lipinski definition) is 3. The Hall–Kier alpha value is -3.09. The van der Waals surface area contributed by atoms with Crippen molar-refractivity contribution >= 4 is 34.4 Å². The molecule has 1 heterocycles. The third-order valence-electron chi connectivity index (χ3n) is 6.39. The molecule has 9 nitrogen and oxygen atoms in total. The van der Waals surface area contributed by atoms with Crippen LogP contribution in [0, 0.1) is 3.57 Å². The summed E-state index contributed by atoms with van der Waals surface area (Å²) < 4.78 is 17.9. The molecule has 10 heteroatoms. The molecule has 2 aromatic carbocycles. The van der Waals surface area contributed by atoms with Crippen molar-refractivity contribution in [2.24, 2.45) is 0 Å². The van der Waals surface area contributed by atoms with E-state index >= 15 is 0 Å². The highest BCUT2D eigenvalue weighted by Crippen LogP contribution is 2.35. The van der Waals surface area contributed by atoms with E-state index in [4.69, 9.17) is 14.2 Å². The second-order valence-electron chi connectivity index (χ2n) is 8.98. The zero-order chi connectivity index (χ0) is 27.1. The second-order valence-corrected chi connectivity index (χ2v) is 10.1. The van der Waals surface area contributed by atoms with Gasteiger partial charge in [-0.1, -0.05) is 24.3 Å². The number of halogens is 1. The van der Waals surface area contributed by atoms with Crippen molar-refractivity contribution in [2.45, 2.75) is 44.1 Å². The molecule has 0 fully saturated rings. The molecule has 2 amide bonds. The van der Waals surface area contributed by atoms with Crippen molar-refractivity contribution in [1.29, 1.82) is 0 Å². The fraction of sp³-hybridized carbons (Fsp3) is 0.357. The number of amides is 2. The third kappa shape index (κ3) is 6.66. The molecule has 4 rings (SSSR count). The van der Waals surface area contributed by atoms with Crippen LogP contribution in [0.15, 0.2) is 66.8 Å². The van der Waals surface area contributed by atoms with E-state index in [0.717, 1.165) is 9.13 Å². The molecule has 202 valence electrons. The number of fused-ring (bicyclic) bond motifs is 1. The zero-order valence-electron chi connectivity index (χ0n) is 20.8. The predicted octanol–water partition coefficient (Wildman–Crippen LogP) is 2.93. The van der Waals surface area contributed by atoms with E-state index in [2.05, 4.69) is 34.5 Å². The number of allylic oxidation sites excluding steroid dienone is 1. The number of nitrogens with one attached hydrogen (secondary N) is 1. The quantitative estimate of drug-likeness (QED) is 0.257. The number of aliphatic hydroxyl groups excluding tert-OH is 2. The van der Waals surface area contributed by atoms with Crippen LogP contribution in [0.4, 0.5) is 0 Å². The van der Waals surface area contributed by atoms with Gasteiger partial charge >= 0.3 is 0 Å². The molecule has 2 aliphatic rings. The molecule has 0 unspecified atom stereocenters. The smallest absolute Gasteiger partial charge is 0.247 e. The average molecular weight is 634 g/mol. The van der Waals surface area contributed by atoms with Crippen molar-refractivity contribution < 1.29 is 34.0 Å². The normalized spacial score (nSPS) is 19.9. The number of ether oxygens (including phenoxy) is 3. The molecular formula is C28H31IN2O7. The molecule has 1 aliphatic carbocycles. The van der Waals surface area contributed by atoms with Gasteiger partial charge in [-0.2, -0.15) is 0 Å². The molecular weight excluding hydrogens is 603 g/mol. The number of carbonyl (C=O) groups is 2. The van der Waals surface area contributed by atoms with Crippen LogP contribution in [0.5, 0.6) is 17.2 Å². The monoisotopic (exact) mass is 634 g/mol. The summed E-state index contributed by atoms with van der Waals surface area (Å²) in [5.74, 6) is 1.22. The summed E-state index contributed by atoms with van der Waals surface area (Å²) >= 11 is 2.14. The minimum Gasteiger partial charge on any atom is -0.482 e. The minimum absolute atomic E-state index is 0.0880. The standard InChI is InChI=1S/C28H31IN2O7/c1-2-3-8-26(33)31(16-18-9-10-23-24(13-18)37-17-36-23)21-14-19(28(35)30-11-12-32)15-25(27(21)34)38-22-7-5-4-6-20(22)29/h2,4-7,9-10,13,15,21,25,27,32,34H,1,3,8,11-12,14,16-17H2,(H,30,35)/t21-,25+,27+/m1/s1. The van der Waals surface area contributed by atoms with E-state index in [0.29, 0.717) is 29.2 Å². The zero-order valence-corrected chi connectivity index (χ0v) is 23.0. The van der Waals surface area contributed by atoms with Crippen LogP contribution in [-0.4, -0.2) is 65.1 Å². The van der Waals surface area contributed by atoms with Crippen molar-refractivity contribution in [3.8, 4) is 17.2 Å². The first-order chi connectivity index (χ1) is 18.4. The molecule has 38 heavy (non-hydrogen) atoms. The van der Waals surface area contributed by atoms with Crippen LogP contribution < -0.4 is 19.5 Å². The van der Waals surface area contributed by atoms with E-state index in [1.807, 2.05) is 30.3 Å². The van der Waals surface area contributed by atoms with Gasteiger partial charge in [-0.05, 0) is 64.9 Å². The summed E-state index contributed by atoms with van der Waals surface area (Å²) in [7, 11) is 0. The minimum atomic E-state index is -1.11. The highest BCUT2D eigenvalue weighted by molar-refractivity contribution is 14.1. The predicted molar refractivity (Wildman–Crippen MR) is 149 cm³/mol. The van der Waals surface area contributed by atoms with E-state index in [1.165, 1.54) is 0 Å². The van der Waals surface area contributed by atoms with E-state index in [1.54, 1.807) is 29.2 Å². The molecule has 0 spiro atoms. The SMILES string of the molecule is C=CCCC(=O)N(Cc1ccc2c(c1)OCO2)[C@@H]1CC(C(=O)NCCO)=C[C@H](Oc2ccccc2I)[C@H]1O. The Morgan fingerprint density at radius 2 is 2.00 bits per heavy atom. The Labute approximate surface area is 235 Å². The number of benzene rings is 2. The number of rotatable bonds is 11. The Bertz CT molecular complexity index is 1200. The van der Waals surface area contributed by atoms with E-state index in [-0.39, 0.29) is 51.1 Å². The van der Waals surface area contributed by atoms with Gasteiger partial charge in [-0.3, -0.25) is 9.59 Å². The molecule has 1 aliphatic heterocycles. The van der Waals surface area contributed by atoms with Gasteiger partial charge in [-0.25, -0.2) is 0 Å². The van der Waals surface area contributed by atoms with Crippen LogP contribution in [0.25, 0.3) is 0 Å². The molecule has 0 saturated heterocycles. The number of nitrogens with zero attached hydrogens (tertiary/aromatic N) is 1. The van der Waals surface area contributed by atoms with Crippen LogP contribution in [-0.2, 0) is 16.1 Å². The van der Waals surface area contributed by atoms with Crippen LogP contribution in [0.3, 0.4) is 0 Å². The second kappa shape index (κ2) is 13.1. The summed E-state index contributed by atoms with van der Waals surface area (Å²) in [4.78, 5) is 28.0. The maximum Gasteiger partial charge on any atom is 0.247 e. The van der Waals surface area contributed by atoms with E-state index in [9.17, 15) is 19.8 Å². The van der Waals surface area contributed by atoms with Gasteiger partial charge in [0.25, 0.3) is 0 Å². The lowest BCUT2D eigenvalue weighted by Crippen LogP contribution is -2.54. The summed E-state index contributed by atoms with van der Waals surface area (Å²) in [6.45, 7) is 3.93. The molecule has 0 bridgehead atoms. The fourth-order valence-electron chi connectivity index (χ4n) is 4.46. The molecule has 0 radical (unpaired) electrons.